The van der Waals surface area contributed by atoms with Gasteiger partial charge >= 0.3 is 0 Å². The lowest BCUT2D eigenvalue weighted by Gasteiger charge is -2.34. The molecule has 0 fully saturated rings. The summed E-state index contributed by atoms with van der Waals surface area (Å²) in [5, 5.41) is 15.2. The molecule has 0 aliphatic heterocycles. The monoisotopic (exact) mass is 1070 g/mol. The molecule has 0 bridgehead atoms. The van der Waals surface area contributed by atoms with Crippen LogP contribution in [0.5, 0.6) is 0 Å². The summed E-state index contributed by atoms with van der Waals surface area (Å²) in [7, 11) is -2.87. The average Bonchev–Trinajstić information content (AvgIpc) is 3.35. The van der Waals surface area contributed by atoms with Crippen LogP contribution in [0.25, 0.3) is 121 Å². The number of aromatic nitrogens is 4. The van der Waals surface area contributed by atoms with E-state index in [0.29, 0.717) is 0 Å². The van der Waals surface area contributed by atoms with Gasteiger partial charge in [-0.1, -0.05) is 231 Å². The van der Waals surface area contributed by atoms with Gasteiger partial charge in [0.2, 0.25) is 0 Å². The van der Waals surface area contributed by atoms with E-state index >= 15 is 0 Å². The topological polar surface area (TPSA) is 19.7 Å². The molecule has 17 aromatic rings. The molecule has 0 unspecified atom stereocenters. The highest BCUT2D eigenvalue weighted by molar-refractivity contribution is 7.19. The van der Waals surface area contributed by atoms with E-state index in [-0.39, 0.29) is 0 Å². The Morgan fingerprint density at radius 2 is 0.494 bits per heavy atom. The molecular formula is C78H52N4Si. The number of nitrogens with zero attached hydrogens (tertiary/aromatic N) is 4. The molecule has 4 nitrogen and oxygen atoms in total. The lowest BCUT2D eigenvalue weighted by Crippen LogP contribution is -2.74. The van der Waals surface area contributed by atoms with Crippen LogP contribution in [0.1, 0.15) is 0 Å². The van der Waals surface area contributed by atoms with Crippen LogP contribution < -0.4 is 20.7 Å². The second kappa shape index (κ2) is 18.7. The van der Waals surface area contributed by atoms with Gasteiger partial charge < -0.3 is 18.3 Å². The highest BCUT2D eigenvalue weighted by Crippen LogP contribution is 2.41. The van der Waals surface area contributed by atoms with Crippen LogP contribution in [0.15, 0.2) is 315 Å². The van der Waals surface area contributed by atoms with Crippen LogP contribution in [0.3, 0.4) is 0 Å². The lowest BCUT2D eigenvalue weighted by molar-refractivity contribution is 1.13. The van der Waals surface area contributed by atoms with Crippen molar-refractivity contribution in [2.75, 3.05) is 0 Å². The van der Waals surface area contributed by atoms with Gasteiger partial charge in [0.25, 0.3) is 0 Å². The minimum absolute atomic E-state index is 1.09. The van der Waals surface area contributed by atoms with Crippen LogP contribution >= 0.6 is 0 Å². The van der Waals surface area contributed by atoms with Gasteiger partial charge in [-0.05, 0) is 117 Å². The van der Waals surface area contributed by atoms with Crippen LogP contribution in [-0.2, 0) is 0 Å². The van der Waals surface area contributed by atoms with Crippen molar-refractivity contribution in [3.05, 3.63) is 315 Å². The standard InChI is InChI=1S/C78H52N4Si/c1-4-24-59(25-5-1)83(60-26-6-2-7-27-60,61-28-8-3-9-29-61)62-30-22-23-53(49-62)54-47-57(81-73-39-18-12-33-65(73)66-34-13-19-40-74(66)81)50-58(48-54)82-75-41-20-14-35-67(75)69-45-43-56(52-78(69)82)80-76-42-21-15-36-68(76)70-51-55(44-46-77(70)80)79-71-37-16-10-31-63(71)64-32-11-17-38-72(64)79/h1-52H. The molecule has 388 valence electrons. The van der Waals surface area contributed by atoms with Gasteiger partial charge in [-0.25, -0.2) is 0 Å². The number of rotatable bonds is 9. The first-order valence-corrected chi connectivity index (χ1v) is 30.7. The molecule has 0 saturated carbocycles. The summed E-state index contributed by atoms with van der Waals surface area (Å²) in [5.41, 5.74) is 16.1. The molecule has 0 atom stereocenters. The van der Waals surface area contributed by atoms with Gasteiger partial charge in [-0.15, -0.1) is 0 Å². The van der Waals surface area contributed by atoms with Crippen molar-refractivity contribution < 1.29 is 0 Å². The summed E-state index contributed by atoms with van der Waals surface area (Å²) in [6.45, 7) is 0. The molecule has 13 aromatic carbocycles. The Hall–Kier alpha value is -10.7. The maximum Gasteiger partial charge on any atom is 0.179 e. The zero-order valence-corrected chi connectivity index (χ0v) is 46.3. The number of para-hydroxylation sites is 6. The fourth-order valence-corrected chi connectivity index (χ4v) is 19.0. The average molecular weight is 1070 g/mol. The van der Waals surface area contributed by atoms with E-state index in [9.17, 15) is 0 Å². The molecule has 83 heavy (non-hydrogen) atoms. The highest BCUT2D eigenvalue weighted by Gasteiger charge is 2.41. The van der Waals surface area contributed by atoms with Crippen molar-refractivity contribution in [2.45, 2.75) is 0 Å². The molecule has 4 heterocycles. The lowest BCUT2D eigenvalue weighted by atomic mass is 10.0. The van der Waals surface area contributed by atoms with Gasteiger partial charge in [-0.3, -0.25) is 0 Å². The van der Waals surface area contributed by atoms with Crippen molar-refractivity contribution in [1.82, 2.24) is 18.3 Å². The maximum atomic E-state index is 2.52. The van der Waals surface area contributed by atoms with E-state index < -0.39 is 8.07 Å². The molecule has 0 N–H and O–H groups in total. The van der Waals surface area contributed by atoms with Crippen molar-refractivity contribution >= 4 is 116 Å². The first kappa shape index (κ1) is 47.1. The molecule has 5 heteroatoms. The Labute approximate surface area is 480 Å². The molecule has 17 rings (SSSR count). The summed E-state index contributed by atoms with van der Waals surface area (Å²) in [4.78, 5) is 0. The molecule has 0 spiro atoms. The Kier molecular flexibility index (Phi) is 10.6. The van der Waals surface area contributed by atoms with Gasteiger partial charge in [0.15, 0.2) is 8.07 Å². The summed E-state index contributed by atoms with van der Waals surface area (Å²) < 4.78 is 9.88. The predicted molar refractivity (Wildman–Crippen MR) is 353 cm³/mol. The van der Waals surface area contributed by atoms with Gasteiger partial charge in [0.1, 0.15) is 0 Å². The van der Waals surface area contributed by atoms with E-state index in [0.717, 1.165) is 50.4 Å². The van der Waals surface area contributed by atoms with Crippen LogP contribution in [0.2, 0.25) is 0 Å². The first-order chi connectivity index (χ1) is 41.2. The van der Waals surface area contributed by atoms with Crippen LogP contribution in [0, 0.1) is 0 Å². The number of fused-ring (bicyclic) bond motifs is 12. The predicted octanol–water partition coefficient (Wildman–Crippen LogP) is 17.1. The SMILES string of the molecule is c1ccc([Si](c2ccccc2)(c2ccccc2)c2cccc(-c3cc(-n4c5ccccc5c5ccccc54)cc(-n4c5ccccc5c5ccc(-n6c7ccccc7c7cc(-n8c9ccccc9c9ccccc98)ccc76)cc54)c3)c2)cc1. The van der Waals surface area contributed by atoms with Gasteiger partial charge in [-0.2, -0.15) is 0 Å². The maximum absolute atomic E-state index is 2.87. The number of hydrogen-bond donors (Lipinski definition) is 0. The molecule has 0 aliphatic rings. The minimum Gasteiger partial charge on any atom is -0.309 e. The minimum atomic E-state index is -2.87. The normalized spacial score (nSPS) is 12.1. The summed E-state index contributed by atoms with van der Waals surface area (Å²) in [6, 6.07) is 118. The molecular weight excluding hydrogens is 1020 g/mol. The molecule has 0 amide bonds. The zero-order valence-electron chi connectivity index (χ0n) is 45.3. The molecule has 0 saturated heterocycles. The molecule has 0 aliphatic carbocycles. The molecule has 0 radical (unpaired) electrons. The van der Waals surface area contributed by atoms with E-state index in [1.54, 1.807) is 0 Å². The third-order valence-electron chi connectivity index (χ3n) is 17.7. The van der Waals surface area contributed by atoms with Crippen LogP contribution in [0.4, 0.5) is 0 Å². The number of hydrogen-bond acceptors (Lipinski definition) is 0. The smallest absolute Gasteiger partial charge is 0.179 e. The summed E-state index contributed by atoms with van der Waals surface area (Å²) in [5.74, 6) is 0. The summed E-state index contributed by atoms with van der Waals surface area (Å²) >= 11 is 0. The fraction of sp³-hybridized carbons (Fsp3) is 0. The molecule has 4 aromatic heterocycles. The van der Waals surface area contributed by atoms with Crippen molar-refractivity contribution in [3.63, 3.8) is 0 Å². The Bertz CT molecular complexity index is 5190. The first-order valence-electron chi connectivity index (χ1n) is 28.7. The second-order valence-corrected chi connectivity index (χ2v) is 25.8. The van der Waals surface area contributed by atoms with Crippen molar-refractivity contribution in [2.24, 2.45) is 0 Å². The Morgan fingerprint density at radius 3 is 0.940 bits per heavy atom. The van der Waals surface area contributed by atoms with E-state index in [1.807, 2.05) is 0 Å². The quantitative estimate of drug-likeness (QED) is 0.101. The van der Waals surface area contributed by atoms with E-state index in [4.69, 9.17) is 0 Å². The zero-order chi connectivity index (χ0) is 54.6. The third kappa shape index (κ3) is 7.11. The van der Waals surface area contributed by atoms with Gasteiger partial charge in [0.05, 0.1) is 44.1 Å². The third-order valence-corrected chi connectivity index (χ3v) is 22.4. The second-order valence-electron chi connectivity index (χ2n) is 22.0. The Morgan fingerprint density at radius 1 is 0.169 bits per heavy atom. The van der Waals surface area contributed by atoms with E-state index in [2.05, 4.69) is 334 Å². The largest absolute Gasteiger partial charge is 0.309 e. The Balaban J connectivity index is 0.913. The van der Waals surface area contributed by atoms with Gasteiger partial charge in [0, 0.05) is 65.8 Å². The number of benzene rings is 13. The fourth-order valence-electron chi connectivity index (χ4n) is 14.2. The van der Waals surface area contributed by atoms with Crippen LogP contribution in [-0.4, -0.2) is 26.3 Å². The summed E-state index contributed by atoms with van der Waals surface area (Å²) in [6.07, 6.45) is 0. The van der Waals surface area contributed by atoms with Crippen molar-refractivity contribution in [3.8, 4) is 33.9 Å². The van der Waals surface area contributed by atoms with E-state index in [1.165, 1.54) is 91.4 Å². The van der Waals surface area contributed by atoms with Crippen molar-refractivity contribution in [1.29, 1.82) is 0 Å². The highest BCUT2D eigenvalue weighted by atomic mass is 28.3.